The second-order valence-corrected chi connectivity index (χ2v) is 7.05. The highest BCUT2D eigenvalue weighted by atomic mass is 16.5. The molecule has 1 spiro atoms. The summed E-state index contributed by atoms with van der Waals surface area (Å²) in [6, 6.07) is 11.6. The Kier molecular flexibility index (Phi) is 4.07. The van der Waals surface area contributed by atoms with Crippen molar-refractivity contribution in [3.05, 3.63) is 59.9 Å². The van der Waals surface area contributed by atoms with Gasteiger partial charge in [-0.3, -0.25) is 4.98 Å². The number of urea groups is 1. The Labute approximate surface area is 147 Å². The number of rotatable bonds is 3. The van der Waals surface area contributed by atoms with E-state index in [2.05, 4.69) is 15.6 Å². The molecule has 2 aromatic rings. The lowest BCUT2D eigenvalue weighted by Crippen LogP contribution is -2.51. The maximum absolute atomic E-state index is 12.5. The Balaban J connectivity index is 1.47. The van der Waals surface area contributed by atoms with Crippen molar-refractivity contribution in [3.63, 3.8) is 0 Å². The summed E-state index contributed by atoms with van der Waals surface area (Å²) in [5, 5.41) is 6.17. The molecule has 5 nitrogen and oxygen atoms in total. The molecule has 1 aromatic carbocycles. The van der Waals surface area contributed by atoms with Crippen molar-refractivity contribution >= 4 is 6.03 Å². The molecule has 0 saturated heterocycles. The van der Waals surface area contributed by atoms with E-state index in [1.165, 1.54) is 6.42 Å². The van der Waals surface area contributed by atoms with Crippen molar-refractivity contribution in [3.8, 4) is 5.75 Å². The summed E-state index contributed by atoms with van der Waals surface area (Å²) in [5.74, 6) is 0.904. The van der Waals surface area contributed by atoms with Gasteiger partial charge < -0.3 is 15.4 Å². The summed E-state index contributed by atoms with van der Waals surface area (Å²) in [7, 11) is 0. The van der Waals surface area contributed by atoms with Gasteiger partial charge in [-0.15, -0.1) is 0 Å². The first-order chi connectivity index (χ1) is 12.2. The fraction of sp³-hybridized carbons (Fsp3) is 0.400. The number of hydrogen-bond acceptors (Lipinski definition) is 3. The second-order valence-electron chi connectivity index (χ2n) is 7.05. The summed E-state index contributed by atoms with van der Waals surface area (Å²) in [6.07, 6.45) is 7.63. The van der Waals surface area contributed by atoms with Gasteiger partial charge >= 0.3 is 6.03 Å². The zero-order valence-electron chi connectivity index (χ0n) is 14.4. The lowest BCUT2D eigenvalue weighted by molar-refractivity contribution is -0.0355. The third-order valence-corrected chi connectivity index (χ3v) is 5.32. The van der Waals surface area contributed by atoms with Crippen LogP contribution < -0.4 is 15.4 Å². The first-order valence-electron chi connectivity index (χ1n) is 8.90. The predicted octanol–water partition coefficient (Wildman–Crippen LogP) is 3.89. The Bertz CT molecular complexity index is 759. The van der Waals surface area contributed by atoms with Crippen LogP contribution in [0.4, 0.5) is 4.79 Å². The van der Waals surface area contributed by atoms with E-state index in [-0.39, 0.29) is 23.7 Å². The van der Waals surface area contributed by atoms with Gasteiger partial charge in [0, 0.05) is 24.4 Å². The Morgan fingerprint density at radius 2 is 2.00 bits per heavy atom. The molecule has 5 heteroatoms. The van der Waals surface area contributed by atoms with Gasteiger partial charge in [-0.25, -0.2) is 4.79 Å². The number of pyridine rings is 1. The van der Waals surface area contributed by atoms with E-state index in [9.17, 15) is 4.79 Å². The van der Waals surface area contributed by atoms with Crippen molar-refractivity contribution in [1.29, 1.82) is 0 Å². The molecule has 130 valence electrons. The fourth-order valence-electron chi connectivity index (χ4n) is 3.76. The molecule has 1 aliphatic heterocycles. The third-order valence-electron chi connectivity index (χ3n) is 5.32. The van der Waals surface area contributed by atoms with E-state index in [0.29, 0.717) is 0 Å². The van der Waals surface area contributed by atoms with Crippen molar-refractivity contribution in [2.75, 3.05) is 0 Å². The SMILES string of the molecule is C[C@H](NC(=O)N[C@@H]1CC2(CCC2)Oc2ccccc21)c1ccncc1. The van der Waals surface area contributed by atoms with E-state index in [1.807, 2.05) is 43.3 Å². The summed E-state index contributed by atoms with van der Waals surface area (Å²) in [4.78, 5) is 16.6. The van der Waals surface area contributed by atoms with Crippen LogP contribution in [-0.4, -0.2) is 16.6 Å². The van der Waals surface area contributed by atoms with E-state index >= 15 is 0 Å². The van der Waals surface area contributed by atoms with Crippen molar-refractivity contribution in [1.82, 2.24) is 15.6 Å². The average molecular weight is 337 g/mol. The molecular formula is C20H23N3O2. The molecule has 0 bridgehead atoms. The monoisotopic (exact) mass is 337 g/mol. The van der Waals surface area contributed by atoms with Crippen LogP contribution in [-0.2, 0) is 0 Å². The highest BCUT2D eigenvalue weighted by molar-refractivity contribution is 5.75. The molecule has 1 fully saturated rings. The smallest absolute Gasteiger partial charge is 0.315 e. The number of carbonyl (C=O) groups is 1. The number of amides is 2. The van der Waals surface area contributed by atoms with Gasteiger partial charge in [-0.05, 0) is 49.9 Å². The number of aromatic nitrogens is 1. The van der Waals surface area contributed by atoms with Crippen molar-refractivity contribution < 1.29 is 9.53 Å². The van der Waals surface area contributed by atoms with Crippen LogP contribution in [0, 0.1) is 0 Å². The number of benzene rings is 1. The van der Waals surface area contributed by atoms with Crippen LogP contribution in [0.2, 0.25) is 0 Å². The lowest BCUT2D eigenvalue weighted by Gasteiger charge is -2.48. The Morgan fingerprint density at radius 3 is 2.72 bits per heavy atom. The van der Waals surface area contributed by atoms with Gasteiger partial charge in [0.25, 0.3) is 0 Å². The number of para-hydroxylation sites is 1. The van der Waals surface area contributed by atoms with Crippen LogP contribution in [0.3, 0.4) is 0 Å². The molecule has 2 amide bonds. The van der Waals surface area contributed by atoms with Crippen LogP contribution in [0.25, 0.3) is 0 Å². The number of fused-ring (bicyclic) bond motifs is 1. The average Bonchev–Trinajstić information content (AvgIpc) is 2.61. The Morgan fingerprint density at radius 1 is 1.24 bits per heavy atom. The lowest BCUT2D eigenvalue weighted by atomic mass is 9.73. The molecule has 1 aromatic heterocycles. The first kappa shape index (κ1) is 15.9. The van der Waals surface area contributed by atoms with Crippen molar-refractivity contribution in [2.45, 2.75) is 50.3 Å². The van der Waals surface area contributed by atoms with Gasteiger partial charge in [-0.1, -0.05) is 18.2 Å². The number of carbonyl (C=O) groups excluding carboxylic acids is 1. The van der Waals surface area contributed by atoms with Crippen LogP contribution in [0.15, 0.2) is 48.8 Å². The summed E-state index contributed by atoms with van der Waals surface area (Å²) in [5.41, 5.74) is 2.00. The highest BCUT2D eigenvalue weighted by Gasteiger charge is 2.45. The fourth-order valence-corrected chi connectivity index (χ4v) is 3.76. The predicted molar refractivity (Wildman–Crippen MR) is 95.3 cm³/mol. The van der Waals surface area contributed by atoms with Gasteiger partial charge in [-0.2, -0.15) is 0 Å². The number of ether oxygens (including phenoxy) is 1. The number of nitrogens with zero attached hydrogens (tertiary/aromatic N) is 1. The maximum atomic E-state index is 12.5. The van der Waals surface area contributed by atoms with Crippen LogP contribution in [0.5, 0.6) is 5.75 Å². The van der Waals surface area contributed by atoms with Crippen LogP contribution >= 0.6 is 0 Å². The van der Waals surface area contributed by atoms with Gasteiger partial charge in [0.05, 0.1) is 12.1 Å². The van der Waals surface area contributed by atoms with Crippen molar-refractivity contribution in [2.24, 2.45) is 0 Å². The molecule has 4 rings (SSSR count). The van der Waals surface area contributed by atoms with Crippen LogP contribution in [0.1, 0.15) is 55.8 Å². The molecule has 1 saturated carbocycles. The molecule has 0 unspecified atom stereocenters. The van der Waals surface area contributed by atoms with Gasteiger partial charge in [0.15, 0.2) is 0 Å². The molecule has 1 aliphatic carbocycles. The minimum atomic E-state index is -0.152. The Hall–Kier alpha value is -2.56. The molecule has 2 heterocycles. The largest absolute Gasteiger partial charge is 0.487 e. The zero-order valence-corrected chi connectivity index (χ0v) is 14.4. The normalized spacial score (nSPS) is 21.4. The molecule has 0 radical (unpaired) electrons. The molecule has 25 heavy (non-hydrogen) atoms. The summed E-state index contributed by atoms with van der Waals surface area (Å²) < 4.78 is 6.24. The summed E-state index contributed by atoms with van der Waals surface area (Å²) in [6.45, 7) is 1.97. The highest BCUT2D eigenvalue weighted by Crippen LogP contribution is 2.48. The first-order valence-corrected chi connectivity index (χ1v) is 8.90. The minimum Gasteiger partial charge on any atom is -0.487 e. The van der Waals surface area contributed by atoms with Gasteiger partial charge in [0.2, 0.25) is 0 Å². The number of hydrogen-bond donors (Lipinski definition) is 2. The summed E-state index contributed by atoms with van der Waals surface area (Å²) >= 11 is 0. The van der Waals surface area contributed by atoms with E-state index in [1.54, 1.807) is 12.4 Å². The standard InChI is InChI=1S/C20H23N3O2/c1-14(15-7-11-21-12-8-15)22-19(24)23-17-13-20(9-4-10-20)25-18-6-3-2-5-16(17)18/h2-3,5-8,11-12,14,17H,4,9-10,13H2,1H3,(H2,22,23,24)/t14-,17+/m0/s1. The van der Waals surface area contributed by atoms with E-state index < -0.39 is 0 Å². The van der Waals surface area contributed by atoms with E-state index in [4.69, 9.17) is 4.74 Å². The molecule has 2 aliphatic rings. The molecule has 2 atom stereocenters. The topological polar surface area (TPSA) is 63.2 Å². The quantitative estimate of drug-likeness (QED) is 0.893. The maximum Gasteiger partial charge on any atom is 0.315 e. The molecule has 2 N–H and O–H groups in total. The van der Waals surface area contributed by atoms with E-state index in [0.717, 1.165) is 36.1 Å². The minimum absolute atomic E-state index is 0.0186. The second kappa shape index (κ2) is 6.39. The zero-order chi connectivity index (χ0) is 17.3. The number of nitrogens with one attached hydrogen (secondary N) is 2. The molecular weight excluding hydrogens is 314 g/mol. The van der Waals surface area contributed by atoms with Gasteiger partial charge in [0.1, 0.15) is 11.4 Å². The third kappa shape index (κ3) is 3.18.